The van der Waals surface area contributed by atoms with Gasteiger partial charge in [-0.1, -0.05) is 11.6 Å². The Morgan fingerprint density at radius 2 is 2.05 bits per heavy atom. The average molecular weight is 365 g/mol. The quantitative estimate of drug-likeness (QED) is 0.842. The molecule has 0 heterocycles. The maximum Gasteiger partial charge on any atom is 0.328 e. The summed E-state index contributed by atoms with van der Waals surface area (Å²) >= 11 is 9.08. The molecule has 0 bridgehead atoms. The fraction of sp³-hybridized carbons (Fsp3) is 0.385. The van der Waals surface area contributed by atoms with E-state index < -0.39 is 23.5 Å². The van der Waals surface area contributed by atoms with Gasteiger partial charge in [0.1, 0.15) is 11.3 Å². The summed E-state index contributed by atoms with van der Waals surface area (Å²) < 4.78 is 6.09. The number of hydrogen-bond donors (Lipinski definition) is 2. The number of amides is 1. The Kier molecular flexibility index (Phi) is 5.42. The third-order valence-electron chi connectivity index (χ3n) is 2.54. The van der Waals surface area contributed by atoms with Crippen LogP contribution in [0.2, 0.25) is 5.02 Å². The summed E-state index contributed by atoms with van der Waals surface area (Å²) in [5.41, 5.74) is -1.36. The summed E-state index contributed by atoms with van der Waals surface area (Å²) in [5, 5.41) is 11.9. The SMILES string of the molecule is CC(Oc1ccc(Cl)cc1Br)C(=O)NC(C)(C)C(=O)O. The molecular formula is C13H15BrClNO4. The van der Waals surface area contributed by atoms with E-state index in [9.17, 15) is 9.59 Å². The first kappa shape index (κ1) is 16.8. The maximum atomic E-state index is 11.9. The molecule has 0 saturated carbocycles. The second kappa shape index (κ2) is 6.45. The van der Waals surface area contributed by atoms with Gasteiger partial charge in [-0.25, -0.2) is 4.79 Å². The molecule has 0 saturated heterocycles. The summed E-state index contributed by atoms with van der Waals surface area (Å²) in [7, 11) is 0. The standard InChI is InChI=1S/C13H15BrClNO4/c1-7(11(17)16-13(2,3)12(18)19)20-10-5-4-8(15)6-9(10)14/h4-7H,1-3H3,(H,16,17)(H,18,19). The number of aliphatic carboxylic acids is 1. The molecule has 1 atom stereocenters. The number of carbonyl (C=O) groups excluding carboxylic acids is 1. The molecule has 0 fully saturated rings. The van der Waals surface area contributed by atoms with Gasteiger partial charge < -0.3 is 15.2 Å². The van der Waals surface area contributed by atoms with Crippen molar-refractivity contribution < 1.29 is 19.4 Å². The number of benzene rings is 1. The van der Waals surface area contributed by atoms with E-state index in [1.807, 2.05) is 0 Å². The van der Waals surface area contributed by atoms with E-state index >= 15 is 0 Å². The monoisotopic (exact) mass is 363 g/mol. The van der Waals surface area contributed by atoms with E-state index in [1.54, 1.807) is 18.2 Å². The largest absolute Gasteiger partial charge is 0.480 e. The molecule has 0 aliphatic carbocycles. The highest BCUT2D eigenvalue weighted by Gasteiger charge is 2.31. The molecule has 0 aromatic heterocycles. The van der Waals surface area contributed by atoms with Crippen LogP contribution in [0.3, 0.4) is 0 Å². The van der Waals surface area contributed by atoms with Crippen LogP contribution in [0.4, 0.5) is 0 Å². The molecule has 1 unspecified atom stereocenters. The number of carbonyl (C=O) groups is 2. The van der Waals surface area contributed by atoms with E-state index in [2.05, 4.69) is 21.2 Å². The van der Waals surface area contributed by atoms with Gasteiger partial charge in [0.15, 0.2) is 6.10 Å². The van der Waals surface area contributed by atoms with Gasteiger partial charge in [0, 0.05) is 5.02 Å². The van der Waals surface area contributed by atoms with Crippen LogP contribution in [0.15, 0.2) is 22.7 Å². The number of carboxylic acid groups (broad SMARTS) is 1. The summed E-state index contributed by atoms with van der Waals surface area (Å²) in [6.45, 7) is 4.34. The number of ether oxygens (including phenoxy) is 1. The lowest BCUT2D eigenvalue weighted by Gasteiger charge is -2.24. The van der Waals surface area contributed by atoms with Crippen molar-refractivity contribution in [3.63, 3.8) is 0 Å². The molecule has 110 valence electrons. The van der Waals surface area contributed by atoms with Crippen molar-refractivity contribution in [2.45, 2.75) is 32.4 Å². The van der Waals surface area contributed by atoms with Gasteiger partial charge in [0.2, 0.25) is 0 Å². The van der Waals surface area contributed by atoms with Crippen LogP contribution in [-0.2, 0) is 9.59 Å². The van der Waals surface area contributed by atoms with Crippen molar-refractivity contribution >= 4 is 39.4 Å². The van der Waals surface area contributed by atoms with E-state index in [0.717, 1.165) is 0 Å². The lowest BCUT2D eigenvalue weighted by Crippen LogP contribution is -2.53. The number of halogens is 2. The first-order chi connectivity index (χ1) is 9.13. The third kappa shape index (κ3) is 4.38. The van der Waals surface area contributed by atoms with Crippen molar-refractivity contribution in [1.82, 2.24) is 5.32 Å². The number of rotatable bonds is 5. The van der Waals surface area contributed by atoms with E-state index in [-0.39, 0.29) is 0 Å². The predicted molar refractivity (Wildman–Crippen MR) is 79.1 cm³/mol. The van der Waals surface area contributed by atoms with Crippen LogP contribution in [0.25, 0.3) is 0 Å². The van der Waals surface area contributed by atoms with Gasteiger partial charge in [0.25, 0.3) is 5.91 Å². The van der Waals surface area contributed by atoms with E-state index in [4.69, 9.17) is 21.4 Å². The zero-order valence-electron chi connectivity index (χ0n) is 11.2. The fourth-order valence-corrected chi connectivity index (χ4v) is 2.05. The summed E-state index contributed by atoms with van der Waals surface area (Å²) in [6, 6.07) is 4.90. The average Bonchev–Trinajstić information content (AvgIpc) is 2.31. The maximum absolute atomic E-state index is 11.9. The summed E-state index contributed by atoms with van der Waals surface area (Å²) in [4.78, 5) is 22.9. The Morgan fingerprint density at radius 1 is 1.45 bits per heavy atom. The van der Waals surface area contributed by atoms with Gasteiger partial charge in [-0.3, -0.25) is 4.79 Å². The Labute approximate surface area is 130 Å². The minimum Gasteiger partial charge on any atom is -0.480 e. The molecule has 1 aromatic rings. The molecule has 0 aliphatic heterocycles. The minimum absolute atomic E-state index is 0.449. The van der Waals surface area contributed by atoms with Gasteiger partial charge in [-0.05, 0) is 54.9 Å². The number of nitrogens with one attached hydrogen (secondary N) is 1. The lowest BCUT2D eigenvalue weighted by atomic mass is 10.1. The molecule has 5 nitrogen and oxygen atoms in total. The van der Waals surface area contributed by atoms with E-state index in [1.165, 1.54) is 20.8 Å². The predicted octanol–water partition coefficient (Wildman–Crippen LogP) is 2.85. The van der Waals surface area contributed by atoms with Crippen LogP contribution in [0.1, 0.15) is 20.8 Å². The lowest BCUT2D eigenvalue weighted by molar-refractivity contribution is -0.147. The van der Waals surface area contributed by atoms with Crippen LogP contribution < -0.4 is 10.1 Å². The molecule has 20 heavy (non-hydrogen) atoms. The van der Waals surface area contributed by atoms with Crippen LogP contribution >= 0.6 is 27.5 Å². The Morgan fingerprint density at radius 3 is 2.55 bits per heavy atom. The van der Waals surface area contributed by atoms with Gasteiger partial charge >= 0.3 is 5.97 Å². The first-order valence-corrected chi connectivity index (χ1v) is 6.97. The smallest absolute Gasteiger partial charge is 0.328 e. The summed E-state index contributed by atoms with van der Waals surface area (Å²) in [6.07, 6.45) is -0.842. The molecule has 0 spiro atoms. The first-order valence-electron chi connectivity index (χ1n) is 5.80. The van der Waals surface area contributed by atoms with Gasteiger partial charge in [0.05, 0.1) is 4.47 Å². The molecule has 0 radical (unpaired) electrons. The van der Waals surface area contributed by atoms with Crippen LogP contribution in [-0.4, -0.2) is 28.6 Å². The summed E-state index contributed by atoms with van der Waals surface area (Å²) in [5.74, 6) is -1.19. The highest BCUT2D eigenvalue weighted by Crippen LogP contribution is 2.28. The second-order valence-corrected chi connectivity index (χ2v) is 6.04. The van der Waals surface area contributed by atoms with Crippen molar-refractivity contribution in [2.75, 3.05) is 0 Å². The van der Waals surface area contributed by atoms with E-state index in [0.29, 0.717) is 15.2 Å². The van der Waals surface area contributed by atoms with Crippen molar-refractivity contribution in [1.29, 1.82) is 0 Å². The molecule has 0 aliphatic rings. The zero-order chi connectivity index (χ0) is 15.5. The Balaban J connectivity index is 2.73. The molecule has 7 heteroatoms. The number of carboxylic acids is 1. The van der Waals surface area contributed by atoms with Crippen molar-refractivity contribution in [2.24, 2.45) is 0 Å². The van der Waals surface area contributed by atoms with Crippen molar-refractivity contribution in [3.05, 3.63) is 27.7 Å². The van der Waals surface area contributed by atoms with Crippen LogP contribution in [0, 0.1) is 0 Å². The minimum atomic E-state index is -1.36. The van der Waals surface area contributed by atoms with Gasteiger partial charge in [-0.2, -0.15) is 0 Å². The number of hydrogen-bond acceptors (Lipinski definition) is 3. The normalized spacial score (nSPS) is 12.7. The van der Waals surface area contributed by atoms with Crippen LogP contribution in [0.5, 0.6) is 5.75 Å². The Hall–Kier alpha value is -1.27. The highest BCUT2D eigenvalue weighted by molar-refractivity contribution is 9.10. The second-order valence-electron chi connectivity index (χ2n) is 4.75. The molecule has 1 amide bonds. The Bertz CT molecular complexity index is 533. The van der Waals surface area contributed by atoms with Gasteiger partial charge in [-0.15, -0.1) is 0 Å². The zero-order valence-corrected chi connectivity index (χ0v) is 13.6. The molecule has 1 rings (SSSR count). The molecule has 2 N–H and O–H groups in total. The fourth-order valence-electron chi connectivity index (χ4n) is 1.28. The molecular weight excluding hydrogens is 350 g/mol. The highest BCUT2D eigenvalue weighted by atomic mass is 79.9. The molecule has 1 aromatic carbocycles. The topological polar surface area (TPSA) is 75.6 Å². The van der Waals surface area contributed by atoms with Crippen molar-refractivity contribution in [3.8, 4) is 5.75 Å². The third-order valence-corrected chi connectivity index (χ3v) is 3.39.